The van der Waals surface area contributed by atoms with E-state index in [0.717, 1.165) is 0 Å². The monoisotopic (exact) mass is 1160 g/mol. The first-order valence-electron chi connectivity index (χ1n) is 27.6. The first-order chi connectivity index (χ1) is 38.0. The lowest BCUT2D eigenvalue weighted by Gasteiger charge is -2.39. The predicted molar refractivity (Wildman–Crippen MR) is 273 cm³/mol. The number of aliphatic hydroxyl groups is 14. The first kappa shape index (κ1) is 71.3. The van der Waals surface area contributed by atoms with Crippen LogP contribution in [0.2, 0.25) is 0 Å². The summed E-state index contributed by atoms with van der Waals surface area (Å²) in [5, 5.41) is 144. The summed E-state index contributed by atoms with van der Waals surface area (Å²) < 4.78 is 43.6. The lowest BCUT2D eigenvalue weighted by Crippen LogP contribution is -2.59. The number of rotatable bonds is 32. The first-order valence-corrected chi connectivity index (χ1v) is 27.6. The fourth-order valence-electron chi connectivity index (χ4n) is 8.91. The van der Waals surface area contributed by atoms with Crippen LogP contribution in [0.3, 0.4) is 0 Å². The highest BCUT2D eigenvalue weighted by Gasteiger charge is 2.46. The second-order valence-corrected chi connectivity index (χ2v) is 20.0. The molecule has 4 aliphatic rings. The average molecular weight is 1170 g/mol. The topological polar surface area (TPSA) is 456 Å². The third kappa shape index (κ3) is 22.5. The summed E-state index contributed by atoms with van der Waals surface area (Å²) in [6, 6.07) is 0. The van der Waals surface area contributed by atoms with Crippen LogP contribution in [0.25, 0.3) is 0 Å². The molecule has 4 rings (SSSR count). The molecule has 20 atom stereocenters. The molecular formula is C50H92N4O26. The summed E-state index contributed by atoms with van der Waals surface area (Å²) in [7, 11) is 0. The van der Waals surface area contributed by atoms with E-state index >= 15 is 0 Å². The Kier molecular flexibility index (Phi) is 33.3. The minimum atomic E-state index is -1.56. The van der Waals surface area contributed by atoms with E-state index in [2.05, 4.69) is 10.6 Å². The van der Waals surface area contributed by atoms with Crippen molar-refractivity contribution in [2.75, 3.05) is 78.9 Å². The number of carbonyl (C=O) groups is 4. The molecule has 0 bridgehead atoms. The fourth-order valence-corrected chi connectivity index (χ4v) is 8.91. The third-order valence-electron chi connectivity index (χ3n) is 13.9. The Hall–Kier alpha value is -3.00. The van der Waals surface area contributed by atoms with E-state index in [1.54, 1.807) is 0 Å². The van der Waals surface area contributed by atoms with E-state index in [9.17, 15) is 90.7 Å². The lowest BCUT2D eigenvalue weighted by molar-refractivity contribution is -0.301. The predicted octanol–water partition coefficient (Wildman–Crippen LogP) is -6.88. The van der Waals surface area contributed by atoms with Crippen LogP contribution in [-0.4, -0.2) is 307 Å². The fraction of sp³-hybridized carbons (Fsp3) is 0.920. The molecule has 0 spiro atoms. The molecule has 4 amide bonds. The quantitative estimate of drug-likeness (QED) is 0.0278. The SMILES string of the molecule is CCNC(=O)CCCCC(=O)N(CCCO[C@H]1O[C@H](CO)[C@@H](O)[C@H](O)[C@@H]1O)CCO[C@@H]1O[C@@H](C)[C@@H](O)[C@@H](O)[C@@H]1O.CCNC(=O)CCCCC(=O)N(CCCO[C@H]1O[C@H](CO)[C@@H](O)[C@H](O)[C@@H]1O)CCO[C@@H]1O[C@@H](C)[C@@H](O)[C@@H](O)[C@@H]1O. The Morgan fingerprint density at radius 2 is 0.688 bits per heavy atom. The summed E-state index contributed by atoms with van der Waals surface area (Å²) in [4.78, 5) is 52.2. The number of nitrogens with zero attached hydrogens (tertiary/aromatic N) is 2. The van der Waals surface area contributed by atoms with Gasteiger partial charge in [0.05, 0.1) is 51.8 Å². The highest BCUT2D eigenvalue weighted by molar-refractivity contribution is 5.78. The highest BCUT2D eigenvalue weighted by atomic mass is 16.7. The molecule has 0 aromatic carbocycles. The van der Waals surface area contributed by atoms with Crippen LogP contribution < -0.4 is 10.6 Å². The molecule has 468 valence electrons. The van der Waals surface area contributed by atoms with Gasteiger partial charge in [-0.3, -0.25) is 19.2 Å². The largest absolute Gasteiger partial charge is 0.394 e. The number of nitrogens with one attached hydrogen (secondary N) is 2. The van der Waals surface area contributed by atoms with E-state index < -0.39 is 136 Å². The number of amides is 4. The molecule has 0 saturated carbocycles. The Balaban J connectivity index is 0.000000420. The average Bonchev–Trinajstić information content (AvgIpc) is 3.45. The van der Waals surface area contributed by atoms with Crippen molar-refractivity contribution < 1.29 is 129 Å². The van der Waals surface area contributed by atoms with Gasteiger partial charge in [-0.05, 0) is 66.2 Å². The Labute approximate surface area is 465 Å². The van der Waals surface area contributed by atoms with Crippen LogP contribution in [0.4, 0.5) is 0 Å². The maximum absolute atomic E-state index is 12.9. The van der Waals surface area contributed by atoms with Crippen molar-refractivity contribution in [2.24, 2.45) is 0 Å². The Morgan fingerprint density at radius 3 is 1.01 bits per heavy atom. The molecular weight excluding hydrogens is 1070 g/mol. The Morgan fingerprint density at radius 1 is 0.388 bits per heavy atom. The van der Waals surface area contributed by atoms with Gasteiger partial charge in [0.25, 0.3) is 0 Å². The molecule has 16 N–H and O–H groups in total. The zero-order valence-electron chi connectivity index (χ0n) is 46.2. The lowest BCUT2D eigenvalue weighted by atomic mass is 9.99. The molecule has 4 heterocycles. The molecule has 4 saturated heterocycles. The number of hydrogen-bond acceptors (Lipinski definition) is 26. The third-order valence-corrected chi connectivity index (χ3v) is 13.9. The van der Waals surface area contributed by atoms with Crippen molar-refractivity contribution in [3.63, 3.8) is 0 Å². The molecule has 80 heavy (non-hydrogen) atoms. The number of unbranched alkanes of at least 4 members (excludes halogenated alkanes) is 2. The van der Waals surface area contributed by atoms with Gasteiger partial charge in [-0.25, -0.2) is 0 Å². The molecule has 4 fully saturated rings. The van der Waals surface area contributed by atoms with E-state index in [-0.39, 0.29) is 89.1 Å². The minimum absolute atomic E-state index is 0.0105. The summed E-state index contributed by atoms with van der Waals surface area (Å²) in [6.07, 6.45) is -22.7. The zero-order valence-corrected chi connectivity index (χ0v) is 46.2. The van der Waals surface area contributed by atoms with E-state index in [4.69, 9.17) is 37.9 Å². The maximum atomic E-state index is 12.9. The molecule has 30 nitrogen and oxygen atoms in total. The van der Waals surface area contributed by atoms with E-state index in [1.807, 2.05) is 13.8 Å². The van der Waals surface area contributed by atoms with Crippen LogP contribution in [-0.2, 0) is 57.1 Å². The van der Waals surface area contributed by atoms with Gasteiger partial charge >= 0.3 is 0 Å². The van der Waals surface area contributed by atoms with Crippen molar-refractivity contribution in [3.8, 4) is 0 Å². The maximum Gasteiger partial charge on any atom is 0.222 e. The molecule has 30 heteroatoms. The van der Waals surface area contributed by atoms with Gasteiger partial charge in [0.1, 0.15) is 85.5 Å². The number of ether oxygens (including phenoxy) is 8. The Bertz CT molecular complexity index is 1640. The van der Waals surface area contributed by atoms with Crippen LogP contribution in [0.5, 0.6) is 0 Å². The molecule has 0 unspecified atom stereocenters. The second-order valence-electron chi connectivity index (χ2n) is 20.0. The van der Waals surface area contributed by atoms with Gasteiger partial charge < -0.3 is 130 Å². The van der Waals surface area contributed by atoms with Gasteiger partial charge in [-0.15, -0.1) is 0 Å². The number of hydrogen-bond donors (Lipinski definition) is 16. The second kappa shape index (κ2) is 37.3. The van der Waals surface area contributed by atoms with E-state index in [1.165, 1.54) is 23.6 Å². The molecule has 0 aliphatic carbocycles. The summed E-state index contributed by atoms with van der Waals surface area (Å²) in [6.45, 7) is 7.17. The summed E-state index contributed by atoms with van der Waals surface area (Å²) in [5.41, 5.74) is 0. The van der Waals surface area contributed by atoms with Crippen LogP contribution >= 0.6 is 0 Å². The van der Waals surface area contributed by atoms with Gasteiger partial charge in [-0.1, -0.05) is 0 Å². The highest BCUT2D eigenvalue weighted by Crippen LogP contribution is 2.26. The number of carbonyl (C=O) groups excluding carboxylic acids is 4. The van der Waals surface area contributed by atoms with Crippen molar-refractivity contribution in [1.29, 1.82) is 0 Å². The smallest absolute Gasteiger partial charge is 0.222 e. The number of aliphatic hydroxyl groups excluding tert-OH is 14. The van der Waals surface area contributed by atoms with Gasteiger partial charge in [0, 0.05) is 65.0 Å². The molecule has 0 aromatic rings. The minimum Gasteiger partial charge on any atom is -0.394 e. The zero-order chi connectivity index (χ0) is 59.6. The summed E-state index contributed by atoms with van der Waals surface area (Å²) in [5.74, 6) is -0.584. The molecule has 0 radical (unpaired) electrons. The van der Waals surface area contributed by atoms with Crippen molar-refractivity contribution in [2.45, 2.75) is 215 Å². The van der Waals surface area contributed by atoms with Crippen molar-refractivity contribution in [1.82, 2.24) is 20.4 Å². The van der Waals surface area contributed by atoms with Gasteiger partial charge in [-0.2, -0.15) is 0 Å². The van der Waals surface area contributed by atoms with Gasteiger partial charge in [0.15, 0.2) is 25.2 Å². The molecule has 4 aliphatic heterocycles. The van der Waals surface area contributed by atoms with Crippen molar-refractivity contribution in [3.05, 3.63) is 0 Å². The van der Waals surface area contributed by atoms with Crippen LogP contribution in [0.15, 0.2) is 0 Å². The standard InChI is InChI=1S/2C25H46N2O13/c2*1-3-26-16(29)7-4-5-8-17(30)27(10-12-38-24-22(35)20(33)18(31)14(2)39-24)9-6-11-37-25-23(36)21(34)19(32)15(13-28)40-25/h2*14-15,18-25,28,31-36H,3-13H2,1-2H3,(H,26,29)/t2*14-,15+,18+,19+,20+,21-,22-,23-,24+,25-/m00/s1. The van der Waals surface area contributed by atoms with E-state index in [0.29, 0.717) is 64.5 Å². The van der Waals surface area contributed by atoms with Crippen molar-refractivity contribution >= 4 is 23.6 Å². The van der Waals surface area contributed by atoms with Crippen LogP contribution in [0.1, 0.15) is 91.9 Å². The summed E-state index contributed by atoms with van der Waals surface area (Å²) >= 11 is 0. The van der Waals surface area contributed by atoms with Crippen LogP contribution in [0, 0.1) is 0 Å². The normalized spacial score (nSPS) is 34.4. The molecule has 0 aromatic heterocycles. The van der Waals surface area contributed by atoms with Gasteiger partial charge in [0.2, 0.25) is 23.6 Å².